The molecule has 1 fully saturated rings. The maximum Gasteiger partial charge on any atom is 0.335 e. The van der Waals surface area contributed by atoms with Gasteiger partial charge in [0.25, 0.3) is 5.54 Å². The largest absolute Gasteiger partial charge is 0.478 e. The van der Waals surface area contributed by atoms with Gasteiger partial charge in [0.15, 0.2) is 0 Å². The molecule has 1 heterocycles. The number of carboxylic acids is 1. The van der Waals surface area contributed by atoms with Gasteiger partial charge in [-0.05, 0) is 35.4 Å². The fourth-order valence-corrected chi connectivity index (χ4v) is 6.05. The van der Waals surface area contributed by atoms with Crippen molar-refractivity contribution in [3.05, 3.63) is 111 Å². The summed E-state index contributed by atoms with van der Waals surface area (Å²) in [6.07, 6.45) is 0. The molecule has 8 nitrogen and oxygen atoms in total. The topological polar surface area (TPSA) is 118 Å². The van der Waals surface area contributed by atoms with E-state index in [1.807, 2.05) is 0 Å². The molecule has 0 saturated carbocycles. The second kappa shape index (κ2) is 6.35. The van der Waals surface area contributed by atoms with Crippen molar-refractivity contribution in [1.82, 2.24) is 0 Å². The molecule has 8 heteroatoms. The predicted octanol–water partition coefficient (Wildman–Crippen LogP) is 3.17. The van der Waals surface area contributed by atoms with Crippen LogP contribution >= 0.6 is 0 Å². The van der Waals surface area contributed by atoms with Crippen molar-refractivity contribution in [1.29, 1.82) is 0 Å². The fourth-order valence-electron chi connectivity index (χ4n) is 6.05. The number of nitrogens with zero attached hydrogens (tertiary/aromatic N) is 2. The Kier molecular flexibility index (Phi) is 3.73. The van der Waals surface area contributed by atoms with E-state index in [2.05, 4.69) is 0 Å². The highest BCUT2D eigenvalue weighted by Crippen LogP contribution is 2.64. The molecule has 162 valence electrons. The molecule has 0 spiro atoms. The Hall–Kier alpha value is -4.33. The number of nitro groups is 1. The van der Waals surface area contributed by atoms with E-state index in [1.165, 1.54) is 24.3 Å². The SMILES string of the molecule is O=C(O)c1ccc(N2C(=O)[C@H]3C4c5ccccc5C([N+](=O)[O-])(c5ccccc54)[C@H]3C2=O)cc1. The number of rotatable bonds is 3. The minimum absolute atomic E-state index is 0.0110. The van der Waals surface area contributed by atoms with Crippen LogP contribution in [0.25, 0.3) is 0 Å². The van der Waals surface area contributed by atoms with Crippen LogP contribution < -0.4 is 4.90 Å². The van der Waals surface area contributed by atoms with Gasteiger partial charge in [0.2, 0.25) is 11.8 Å². The lowest BCUT2D eigenvalue weighted by molar-refractivity contribution is -0.578. The van der Waals surface area contributed by atoms with Crippen LogP contribution in [-0.4, -0.2) is 27.8 Å². The highest BCUT2D eigenvalue weighted by molar-refractivity contribution is 6.23. The predicted molar refractivity (Wildman–Crippen MR) is 115 cm³/mol. The van der Waals surface area contributed by atoms with Gasteiger partial charge in [0.05, 0.1) is 17.2 Å². The number of amides is 2. The first kappa shape index (κ1) is 19.4. The number of anilines is 1. The highest BCUT2D eigenvalue weighted by Gasteiger charge is 2.74. The lowest BCUT2D eigenvalue weighted by Gasteiger charge is -2.48. The molecule has 2 atom stereocenters. The van der Waals surface area contributed by atoms with Gasteiger partial charge in [-0.1, -0.05) is 48.5 Å². The Bertz CT molecular complexity index is 1350. The summed E-state index contributed by atoms with van der Waals surface area (Å²) in [5.74, 6) is -4.89. The molecule has 0 unspecified atom stereocenters. The quantitative estimate of drug-likeness (QED) is 0.380. The summed E-state index contributed by atoms with van der Waals surface area (Å²) in [5.41, 5.74) is 0.618. The third-order valence-corrected chi connectivity index (χ3v) is 7.23. The first-order valence-corrected chi connectivity index (χ1v) is 10.4. The van der Waals surface area contributed by atoms with Gasteiger partial charge in [-0.3, -0.25) is 19.7 Å². The molecule has 1 aliphatic heterocycles. The van der Waals surface area contributed by atoms with Crippen LogP contribution in [0, 0.1) is 22.0 Å². The van der Waals surface area contributed by atoms with E-state index in [-0.39, 0.29) is 11.3 Å². The fraction of sp³-hybridized carbons (Fsp3) is 0.160. The average molecular weight is 440 g/mol. The molecule has 1 N–H and O–H groups in total. The number of hydrogen-bond acceptors (Lipinski definition) is 5. The van der Waals surface area contributed by atoms with Gasteiger partial charge in [0, 0.05) is 22.0 Å². The van der Waals surface area contributed by atoms with Crippen LogP contribution in [-0.2, 0) is 15.1 Å². The molecule has 2 bridgehead atoms. The number of imide groups is 1. The van der Waals surface area contributed by atoms with E-state index >= 15 is 0 Å². The van der Waals surface area contributed by atoms with E-state index < -0.39 is 46.0 Å². The monoisotopic (exact) mass is 440 g/mol. The first-order valence-electron chi connectivity index (χ1n) is 10.4. The molecule has 2 amide bonds. The summed E-state index contributed by atoms with van der Waals surface area (Å²) in [6, 6.07) is 19.3. The van der Waals surface area contributed by atoms with Gasteiger partial charge in [-0.15, -0.1) is 0 Å². The molecule has 0 aromatic heterocycles. The summed E-state index contributed by atoms with van der Waals surface area (Å²) in [5, 5.41) is 22.0. The summed E-state index contributed by atoms with van der Waals surface area (Å²) in [7, 11) is 0. The zero-order valence-electron chi connectivity index (χ0n) is 17.0. The van der Waals surface area contributed by atoms with Crippen molar-refractivity contribution in [3.63, 3.8) is 0 Å². The third kappa shape index (κ3) is 2.17. The number of aromatic carboxylic acids is 1. The standard InChI is InChI=1S/C25H16N2O6/c28-22-20-19-15-5-1-3-7-17(15)25(27(32)33,18-8-4-2-6-16(18)19)21(20)23(29)26(22)14-11-9-13(10-12-14)24(30)31/h1-12,19-21H,(H,30,31)/t19?,20-,21+,25?/m0/s1. The summed E-state index contributed by atoms with van der Waals surface area (Å²) < 4.78 is 0. The van der Waals surface area contributed by atoms with Crippen LogP contribution in [0.5, 0.6) is 0 Å². The Labute approximate surface area is 187 Å². The van der Waals surface area contributed by atoms with E-state index in [0.717, 1.165) is 4.90 Å². The Balaban J connectivity index is 1.61. The van der Waals surface area contributed by atoms with E-state index in [0.29, 0.717) is 22.3 Å². The second-order valence-electron chi connectivity index (χ2n) is 8.54. The van der Waals surface area contributed by atoms with Crippen molar-refractivity contribution < 1.29 is 24.4 Å². The van der Waals surface area contributed by atoms with Crippen molar-refractivity contribution >= 4 is 23.5 Å². The Morgan fingerprint density at radius 1 is 0.879 bits per heavy atom. The molecule has 33 heavy (non-hydrogen) atoms. The molecule has 3 aromatic carbocycles. The smallest absolute Gasteiger partial charge is 0.335 e. The average Bonchev–Trinajstić information content (AvgIpc) is 3.09. The summed E-state index contributed by atoms with van der Waals surface area (Å²) in [4.78, 5) is 52.1. The molecule has 4 aliphatic rings. The number of carbonyl (C=O) groups excluding carboxylic acids is 2. The molecular formula is C25H16N2O6. The van der Waals surface area contributed by atoms with E-state index in [9.17, 15) is 24.5 Å². The molecule has 0 radical (unpaired) electrons. The van der Waals surface area contributed by atoms with Gasteiger partial charge in [-0.25, -0.2) is 9.69 Å². The maximum absolute atomic E-state index is 13.8. The van der Waals surface area contributed by atoms with Gasteiger partial charge >= 0.3 is 5.97 Å². The van der Waals surface area contributed by atoms with Crippen LogP contribution in [0.1, 0.15) is 38.5 Å². The lowest BCUT2D eigenvalue weighted by atomic mass is 9.51. The number of carboxylic acid groups (broad SMARTS) is 1. The first-order chi connectivity index (χ1) is 15.9. The third-order valence-electron chi connectivity index (χ3n) is 7.23. The van der Waals surface area contributed by atoms with Crippen molar-refractivity contribution in [3.8, 4) is 0 Å². The minimum atomic E-state index is -1.88. The Morgan fingerprint density at radius 2 is 1.42 bits per heavy atom. The second-order valence-corrected chi connectivity index (χ2v) is 8.54. The molecule has 3 aromatic rings. The van der Waals surface area contributed by atoms with Crippen molar-refractivity contribution in [2.75, 3.05) is 4.90 Å². The molecular weight excluding hydrogens is 424 g/mol. The van der Waals surface area contributed by atoms with Crippen LogP contribution in [0.3, 0.4) is 0 Å². The van der Waals surface area contributed by atoms with E-state index in [1.54, 1.807) is 48.5 Å². The number of benzene rings is 3. The zero-order chi connectivity index (χ0) is 23.1. The molecule has 3 aliphatic carbocycles. The normalized spacial score (nSPS) is 26.5. The van der Waals surface area contributed by atoms with Crippen LogP contribution in [0.4, 0.5) is 5.69 Å². The number of hydrogen-bond donors (Lipinski definition) is 1. The van der Waals surface area contributed by atoms with Gasteiger partial charge in [-0.2, -0.15) is 0 Å². The summed E-state index contributed by atoms with van der Waals surface area (Å²) in [6.45, 7) is 0. The Morgan fingerprint density at radius 3 is 1.94 bits per heavy atom. The zero-order valence-corrected chi connectivity index (χ0v) is 17.0. The van der Waals surface area contributed by atoms with E-state index in [4.69, 9.17) is 5.11 Å². The number of carbonyl (C=O) groups is 3. The van der Waals surface area contributed by atoms with Gasteiger partial charge in [0.1, 0.15) is 5.92 Å². The van der Waals surface area contributed by atoms with Crippen LogP contribution in [0.15, 0.2) is 72.8 Å². The van der Waals surface area contributed by atoms with Crippen molar-refractivity contribution in [2.45, 2.75) is 11.5 Å². The highest BCUT2D eigenvalue weighted by atomic mass is 16.6. The molecule has 7 rings (SSSR count). The van der Waals surface area contributed by atoms with Gasteiger partial charge < -0.3 is 5.11 Å². The lowest BCUT2D eigenvalue weighted by Crippen LogP contribution is -2.57. The maximum atomic E-state index is 13.8. The minimum Gasteiger partial charge on any atom is -0.478 e. The molecule has 1 saturated heterocycles. The van der Waals surface area contributed by atoms with Crippen molar-refractivity contribution in [2.24, 2.45) is 11.8 Å². The van der Waals surface area contributed by atoms with Crippen LogP contribution in [0.2, 0.25) is 0 Å². The summed E-state index contributed by atoms with van der Waals surface area (Å²) >= 11 is 0.